The largest absolute Gasteiger partial charge is 0.490 e. The van der Waals surface area contributed by atoms with Crippen LogP contribution in [0.2, 0.25) is 0 Å². The van der Waals surface area contributed by atoms with Crippen LogP contribution in [-0.2, 0) is 9.59 Å². The summed E-state index contributed by atoms with van der Waals surface area (Å²) in [6.45, 7) is 2.03. The standard InChI is InChI=1S/C20H19N3O4S/c1-2-26-16-10-13(8-9-15(16)27-12-18(21)24)11-17-19(25)23-20(28-17)22-14-6-4-3-5-7-14/h3-11H,2,12H2,1H3,(H2,21,24)(H,22,23,25)/b17-11+. The van der Waals surface area contributed by atoms with Crippen LogP contribution in [-0.4, -0.2) is 30.2 Å². The third-order valence-electron chi connectivity index (χ3n) is 3.57. The number of carbonyl (C=O) groups is 2. The fraction of sp³-hybridized carbons (Fsp3) is 0.150. The zero-order valence-corrected chi connectivity index (χ0v) is 16.0. The molecule has 144 valence electrons. The molecule has 0 atom stereocenters. The molecule has 1 saturated heterocycles. The van der Waals surface area contributed by atoms with E-state index in [1.54, 1.807) is 24.3 Å². The van der Waals surface area contributed by atoms with Crippen molar-refractivity contribution in [3.8, 4) is 11.5 Å². The molecule has 1 aliphatic heterocycles. The predicted molar refractivity (Wildman–Crippen MR) is 110 cm³/mol. The predicted octanol–water partition coefficient (Wildman–Crippen LogP) is 2.84. The van der Waals surface area contributed by atoms with Gasteiger partial charge in [-0.15, -0.1) is 0 Å². The summed E-state index contributed by atoms with van der Waals surface area (Å²) >= 11 is 1.26. The lowest BCUT2D eigenvalue weighted by atomic mass is 10.2. The lowest BCUT2D eigenvalue weighted by Crippen LogP contribution is -2.20. The van der Waals surface area contributed by atoms with E-state index in [2.05, 4.69) is 10.3 Å². The van der Waals surface area contributed by atoms with Crippen LogP contribution in [0.5, 0.6) is 11.5 Å². The van der Waals surface area contributed by atoms with E-state index >= 15 is 0 Å². The zero-order chi connectivity index (χ0) is 19.9. The van der Waals surface area contributed by atoms with Crippen molar-refractivity contribution in [3.05, 3.63) is 59.0 Å². The highest BCUT2D eigenvalue weighted by molar-refractivity contribution is 8.18. The molecule has 2 aromatic rings. The molecule has 8 heteroatoms. The molecule has 1 fully saturated rings. The Morgan fingerprint density at radius 2 is 1.96 bits per heavy atom. The van der Waals surface area contributed by atoms with E-state index in [1.807, 2.05) is 37.3 Å². The van der Waals surface area contributed by atoms with E-state index in [0.29, 0.717) is 28.2 Å². The second-order valence-corrected chi connectivity index (χ2v) is 6.74. The van der Waals surface area contributed by atoms with Crippen LogP contribution in [0.3, 0.4) is 0 Å². The number of carbonyl (C=O) groups excluding carboxylic acids is 2. The van der Waals surface area contributed by atoms with Crippen LogP contribution in [0, 0.1) is 0 Å². The van der Waals surface area contributed by atoms with Gasteiger partial charge in [0.1, 0.15) is 0 Å². The van der Waals surface area contributed by atoms with Crippen molar-refractivity contribution in [2.75, 3.05) is 13.2 Å². The number of amidine groups is 1. The summed E-state index contributed by atoms with van der Waals surface area (Å²) in [4.78, 5) is 28.1. The molecule has 0 aliphatic carbocycles. The van der Waals surface area contributed by atoms with Crippen molar-refractivity contribution in [2.24, 2.45) is 10.7 Å². The molecule has 2 amide bonds. The van der Waals surface area contributed by atoms with Crippen LogP contribution >= 0.6 is 11.8 Å². The SMILES string of the molecule is CCOc1cc(/C=C2/SC(=Nc3ccccc3)NC2=O)ccc1OCC(N)=O. The van der Waals surface area contributed by atoms with Gasteiger partial charge in [-0.25, -0.2) is 4.99 Å². The first-order valence-electron chi connectivity index (χ1n) is 8.57. The highest BCUT2D eigenvalue weighted by Gasteiger charge is 2.24. The van der Waals surface area contributed by atoms with E-state index in [4.69, 9.17) is 15.2 Å². The summed E-state index contributed by atoms with van der Waals surface area (Å²) in [6, 6.07) is 14.6. The Morgan fingerprint density at radius 1 is 1.18 bits per heavy atom. The van der Waals surface area contributed by atoms with Crippen LogP contribution in [0.4, 0.5) is 5.69 Å². The maximum absolute atomic E-state index is 12.2. The summed E-state index contributed by atoms with van der Waals surface area (Å²) < 4.78 is 10.9. The number of aliphatic imine (C=N–C) groups is 1. The fourth-order valence-corrected chi connectivity index (χ4v) is 3.24. The van der Waals surface area contributed by atoms with Gasteiger partial charge in [0.05, 0.1) is 17.2 Å². The minimum atomic E-state index is -0.571. The third-order valence-corrected chi connectivity index (χ3v) is 4.48. The maximum Gasteiger partial charge on any atom is 0.264 e. The molecule has 0 saturated carbocycles. The lowest BCUT2D eigenvalue weighted by Gasteiger charge is -2.11. The number of nitrogens with two attached hydrogens (primary N) is 1. The Kier molecular flexibility index (Phi) is 6.33. The van der Waals surface area contributed by atoms with Gasteiger partial charge in [0.25, 0.3) is 11.8 Å². The van der Waals surface area contributed by atoms with Crippen molar-refractivity contribution in [2.45, 2.75) is 6.92 Å². The minimum absolute atomic E-state index is 0.216. The van der Waals surface area contributed by atoms with Crippen molar-refractivity contribution in [1.29, 1.82) is 0 Å². The molecule has 2 aromatic carbocycles. The van der Waals surface area contributed by atoms with Gasteiger partial charge in [-0.05, 0) is 54.6 Å². The van der Waals surface area contributed by atoms with Crippen molar-refractivity contribution in [3.63, 3.8) is 0 Å². The number of amides is 2. The Morgan fingerprint density at radius 3 is 2.68 bits per heavy atom. The Labute approximate surface area is 166 Å². The molecule has 3 rings (SSSR count). The van der Waals surface area contributed by atoms with Crippen LogP contribution in [0.25, 0.3) is 6.08 Å². The first kappa shape index (κ1) is 19.5. The molecule has 0 spiro atoms. The molecule has 0 unspecified atom stereocenters. The highest BCUT2D eigenvalue weighted by atomic mass is 32.2. The Bertz CT molecular complexity index is 942. The molecule has 7 nitrogen and oxygen atoms in total. The number of nitrogens with one attached hydrogen (secondary N) is 1. The Hall–Kier alpha value is -3.26. The minimum Gasteiger partial charge on any atom is -0.490 e. The van der Waals surface area contributed by atoms with Gasteiger partial charge >= 0.3 is 0 Å². The number of benzene rings is 2. The average Bonchev–Trinajstić information content (AvgIpc) is 3.01. The van der Waals surface area contributed by atoms with Gasteiger partial charge < -0.3 is 20.5 Å². The monoisotopic (exact) mass is 397 g/mol. The third kappa shape index (κ3) is 5.14. The summed E-state index contributed by atoms with van der Waals surface area (Å²) in [7, 11) is 0. The smallest absolute Gasteiger partial charge is 0.264 e. The normalized spacial score (nSPS) is 16.2. The van der Waals surface area contributed by atoms with Gasteiger partial charge in [-0.2, -0.15) is 0 Å². The van der Waals surface area contributed by atoms with Gasteiger partial charge in [-0.3, -0.25) is 9.59 Å². The molecule has 1 heterocycles. The second-order valence-electron chi connectivity index (χ2n) is 5.71. The topological polar surface area (TPSA) is 103 Å². The summed E-state index contributed by atoms with van der Waals surface area (Å²) in [5.41, 5.74) is 6.64. The van der Waals surface area contributed by atoms with Gasteiger partial charge in [0, 0.05) is 0 Å². The molecule has 28 heavy (non-hydrogen) atoms. The maximum atomic E-state index is 12.2. The number of primary amides is 1. The zero-order valence-electron chi connectivity index (χ0n) is 15.2. The first-order valence-corrected chi connectivity index (χ1v) is 9.39. The molecular formula is C20H19N3O4S. The van der Waals surface area contributed by atoms with Crippen molar-refractivity contribution >= 4 is 40.5 Å². The number of para-hydroxylation sites is 1. The first-order chi connectivity index (χ1) is 13.5. The second kappa shape index (κ2) is 9.09. The van der Waals surface area contributed by atoms with Crippen LogP contribution < -0.4 is 20.5 Å². The lowest BCUT2D eigenvalue weighted by molar-refractivity contribution is -0.120. The quantitative estimate of drug-likeness (QED) is 0.700. The molecule has 0 radical (unpaired) electrons. The van der Waals surface area contributed by atoms with E-state index < -0.39 is 5.91 Å². The number of hydrogen-bond donors (Lipinski definition) is 2. The van der Waals surface area contributed by atoms with Gasteiger partial charge in [-0.1, -0.05) is 24.3 Å². The number of ether oxygens (including phenoxy) is 2. The Balaban J connectivity index is 1.80. The summed E-state index contributed by atoms with van der Waals surface area (Å²) in [5, 5.41) is 3.28. The summed E-state index contributed by atoms with van der Waals surface area (Å²) in [6.07, 6.45) is 1.74. The number of hydrogen-bond acceptors (Lipinski definition) is 6. The van der Waals surface area contributed by atoms with Gasteiger partial charge in [0.2, 0.25) is 0 Å². The molecule has 0 bridgehead atoms. The molecule has 3 N–H and O–H groups in total. The van der Waals surface area contributed by atoms with E-state index in [9.17, 15) is 9.59 Å². The van der Waals surface area contributed by atoms with E-state index in [0.717, 1.165) is 11.3 Å². The summed E-state index contributed by atoms with van der Waals surface area (Å²) in [5.74, 6) is 0.0990. The highest BCUT2D eigenvalue weighted by Crippen LogP contribution is 2.32. The average molecular weight is 397 g/mol. The molecule has 0 aromatic heterocycles. The van der Waals surface area contributed by atoms with Crippen LogP contribution in [0.1, 0.15) is 12.5 Å². The molecular weight excluding hydrogens is 378 g/mol. The van der Waals surface area contributed by atoms with Crippen molar-refractivity contribution < 1.29 is 19.1 Å². The number of nitrogens with zero attached hydrogens (tertiary/aromatic N) is 1. The van der Waals surface area contributed by atoms with Gasteiger partial charge in [0.15, 0.2) is 23.3 Å². The van der Waals surface area contributed by atoms with E-state index in [-0.39, 0.29) is 12.5 Å². The molecule has 1 aliphatic rings. The van der Waals surface area contributed by atoms with E-state index in [1.165, 1.54) is 11.8 Å². The van der Waals surface area contributed by atoms with Crippen molar-refractivity contribution in [1.82, 2.24) is 5.32 Å². The number of thioether (sulfide) groups is 1. The number of rotatable bonds is 7. The fourth-order valence-electron chi connectivity index (χ4n) is 2.40. The van der Waals surface area contributed by atoms with Crippen LogP contribution in [0.15, 0.2) is 58.4 Å².